The Kier molecular flexibility index (Phi) is 6.79. The highest BCUT2D eigenvalue weighted by Gasteiger charge is 2.31. The fourth-order valence-electron chi connectivity index (χ4n) is 4.15. The third kappa shape index (κ3) is 4.71. The summed E-state index contributed by atoms with van der Waals surface area (Å²) in [4.78, 5) is 2.64. The van der Waals surface area contributed by atoms with Crippen LogP contribution < -0.4 is 5.32 Å². The number of hydrogen-bond donors (Lipinski definition) is 1. The Bertz CT molecular complexity index is 272. The van der Waals surface area contributed by atoms with E-state index in [4.69, 9.17) is 4.74 Å². The van der Waals surface area contributed by atoms with Gasteiger partial charge in [-0.05, 0) is 44.6 Å². The predicted molar refractivity (Wildman–Crippen MR) is 85.1 cm³/mol. The van der Waals surface area contributed by atoms with Gasteiger partial charge < -0.3 is 10.1 Å². The van der Waals surface area contributed by atoms with Gasteiger partial charge in [-0.1, -0.05) is 26.7 Å². The molecule has 3 heteroatoms. The van der Waals surface area contributed by atoms with E-state index in [1.165, 1.54) is 38.6 Å². The lowest BCUT2D eigenvalue weighted by molar-refractivity contribution is -0.0281. The lowest BCUT2D eigenvalue weighted by Crippen LogP contribution is -2.49. The zero-order valence-corrected chi connectivity index (χ0v) is 13.7. The first-order valence-electron chi connectivity index (χ1n) is 8.80. The summed E-state index contributed by atoms with van der Waals surface area (Å²) < 4.78 is 5.67. The third-order valence-corrected chi connectivity index (χ3v) is 5.07. The molecule has 2 fully saturated rings. The Balaban J connectivity index is 1.88. The highest BCUT2D eigenvalue weighted by molar-refractivity contribution is 4.87. The molecule has 0 amide bonds. The first kappa shape index (κ1) is 16.3. The summed E-state index contributed by atoms with van der Waals surface area (Å²) in [5, 5.41) is 3.74. The fourth-order valence-corrected chi connectivity index (χ4v) is 4.15. The number of ether oxygens (including phenoxy) is 1. The summed E-state index contributed by atoms with van der Waals surface area (Å²) in [6.45, 7) is 12.3. The average Bonchev–Trinajstić information content (AvgIpc) is 2.42. The second kappa shape index (κ2) is 8.35. The zero-order valence-electron chi connectivity index (χ0n) is 13.7. The molecule has 4 atom stereocenters. The van der Waals surface area contributed by atoms with E-state index in [2.05, 4.69) is 31.0 Å². The van der Waals surface area contributed by atoms with Gasteiger partial charge in [-0.15, -0.1) is 0 Å². The number of morpholine rings is 1. The van der Waals surface area contributed by atoms with Gasteiger partial charge >= 0.3 is 0 Å². The van der Waals surface area contributed by atoms with E-state index < -0.39 is 0 Å². The van der Waals surface area contributed by atoms with Crippen LogP contribution in [-0.4, -0.2) is 49.8 Å². The molecule has 20 heavy (non-hydrogen) atoms. The molecular weight excluding hydrogens is 248 g/mol. The van der Waals surface area contributed by atoms with Gasteiger partial charge in [0.1, 0.15) is 0 Å². The van der Waals surface area contributed by atoms with Gasteiger partial charge in [-0.3, -0.25) is 4.90 Å². The summed E-state index contributed by atoms with van der Waals surface area (Å²) in [5.74, 6) is 1.81. The van der Waals surface area contributed by atoms with Crippen LogP contribution in [0.2, 0.25) is 0 Å². The largest absolute Gasteiger partial charge is 0.376 e. The molecule has 2 rings (SSSR count). The maximum absolute atomic E-state index is 5.67. The minimum Gasteiger partial charge on any atom is -0.376 e. The molecule has 1 N–H and O–H groups in total. The molecular formula is C17H34N2O. The quantitative estimate of drug-likeness (QED) is 0.811. The Labute approximate surface area is 125 Å². The van der Waals surface area contributed by atoms with Crippen molar-refractivity contribution in [1.82, 2.24) is 10.2 Å². The lowest BCUT2D eigenvalue weighted by atomic mass is 9.76. The summed E-state index contributed by atoms with van der Waals surface area (Å²) in [5.41, 5.74) is 0. The fraction of sp³-hybridized carbons (Fsp3) is 1.00. The molecule has 118 valence electrons. The molecule has 0 bridgehead atoms. The van der Waals surface area contributed by atoms with E-state index >= 15 is 0 Å². The molecule has 3 nitrogen and oxygen atoms in total. The summed E-state index contributed by atoms with van der Waals surface area (Å²) >= 11 is 0. The van der Waals surface area contributed by atoms with E-state index in [1.807, 2.05) is 0 Å². The minimum atomic E-state index is 0.413. The van der Waals surface area contributed by atoms with Crippen LogP contribution >= 0.6 is 0 Å². The lowest BCUT2D eigenvalue weighted by Gasteiger charge is -2.41. The maximum Gasteiger partial charge on any atom is 0.0674 e. The molecule has 1 saturated heterocycles. The molecule has 0 aromatic heterocycles. The van der Waals surface area contributed by atoms with E-state index in [0.29, 0.717) is 6.10 Å². The Morgan fingerprint density at radius 3 is 2.80 bits per heavy atom. The third-order valence-electron chi connectivity index (χ3n) is 5.07. The van der Waals surface area contributed by atoms with Gasteiger partial charge in [-0.25, -0.2) is 0 Å². The maximum atomic E-state index is 5.67. The topological polar surface area (TPSA) is 24.5 Å². The molecule has 1 saturated carbocycles. The van der Waals surface area contributed by atoms with Crippen LogP contribution in [-0.2, 0) is 4.74 Å². The van der Waals surface area contributed by atoms with Crippen molar-refractivity contribution in [2.24, 2.45) is 11.8 Å². The molecule has 0 aromatic rings. The molecule has 0 radical (unpaired) electrons. The molecule has 1 heterocycles. The Morgan fingerprint density at radius 1 is 1.25 bits per heavy atom. The van der Waals surface area contributed by atoms with E-state index in [0.717, 1.165) is 44.1 Å². The monoisotopic (exact) mass is 282 g/mol. The van der Waals surface area contributed by atoms with Crippen LogP contribution in [0, 0.1) is 11.8 Å². The van der Waals surface area contributed by atoms with Crippen molar-refractivity contribution in [3.05, 3.63) is 0 Å². The zero-order chi connectivity index (χ0) is 14.4. The van der Waals surface area contributed by atoms with Crippen LogP contribution in [0.5, 0.6) is 0 Å². The molecule has 1 aliphatic carbocycles. The highest BCUT2D eigenvalue weighted by Crippen LogP contribution is 2.33. The van der Waals surface area contributed by atoms with Crippen LogP contribution in [0.15, 0.2) is 0 Å². The van der Waals surface area contributed by atoms with E-state index in [-0.39, 0.29) is 0 Å². The predicted octanol–water partition coefficient (Wildman–Crippen LogP) is 2.90. The number of nitrogens with zero attached hydrogens (tertiary/aromatic N) is 1. The van der Waals surface area contributed by atoms with Crippen LogP contribution in [0.4, 0.5) is 0 Å². The standard InChI is InChI=1S/C17H34N2O/c1-4-6-15-7-8-17(18-5-2)16(11-15)13-19-9-10-20-14(3)12-19/h14-18H,4-13H2,1-3H3. The minimum absolute atomic E-state index is 0.413. The molecule has 1 aliphatic heterocycles. The van der Waals surface area contributed by atoms with Crippen molar-refractivity contribution < 1.29 is 4.74 Å². The molecule has 0 aromatic carbocycles. The first-order valence-corrected chi connectivity index (χ1v) is 8.80. The van der Waals surface area contributed by atoms with E-state index in [9.17, 15) is 0 Å². The van der Waals surface area contributed by atoms with Crippen LogP contribution in [0.3, 0.4) is 0 Å². The van der Waals surface area contributed by atoms with Crippen molar-refractivity contribution >= 4 is 0 Å². The Hall–Kier alpha value is -0.120. The number of hydrogen-bond acceptors (Lipinski definition) is 3. The van der Waals surface area contributed by atoms with Gasteiger partial charge in [0.05, 0.1) is 12.7 Å². The second-order valence-electron chi connectivity index (χ2n) is 6.83. The smallest absolute Gasteiger partial charge is 0.0674 e. The molecule has 2 aliphatic rings. The van der Waals surface area contributed by atoms with Gasteiger partial charge in [-0.2, -0.15) is 0 Å². The van der Waals surface area contributed by atoms with Crippen molar-refractivity contribution in [1.29, 1.82) is 0 Å². The van der Waals surface area contributed by atoms with Gasteiger partial charge in [0, 0.05) is 25.7 Å². The average molecular weight is 282 g/mol. The number of nitrogens with one attached hydrogen (secondary N) is 1. The van der Waals surface area contributed by atoms with Gasteiger partial charge in [0.15, 0.2) is 0 Å². The SMILES string of the molecule is CCCC1CCC(NCC)C(CN2CCOC(C)C2)C1. The van der Waals surface area contributed by atoms with Crippen LogP contribution in [0.1, 0.15) is 52.9 Å². The van der Waals surface area contributed by atoms with Crippen molar-refractivity contribution in [2.45, 2.75) is 65.0 Å². The molecule has 0 spiro atoms. The van der Waals surface area contributed by atoms with Crippen molar-refractivity contribution in [2.75, 3.05) is 32.8 Å². The van der Waals surface area contributed by atoms with Crippen molar-refractivity contribution in [3.63, 3.8) is 0 Å². The summed E-state index contributed by atoms with van der Waals surface area (Å²) in [7, 11) is 0. The normalized spacial score (nSPS) is 36.1. The van der Waals surface area contributed by atoms with Crippen LogP contribution in [0.25, 0.3) is 0 Å². The first-order chi connectivity index (χ1) is 9.72. The van der Waals surface area contributed by atoms with Gasteiger partial charge in [0.25, 0.3) is 0 Å². The van der Waals surface area contributed by atoms with Crippen molar-refractivity contribution in [3.8, 4) is 0 Å². The van der Waals surface area contributed by atoms with Gasteiger partial charge in [0.2, 0.25) is 0 Å². The number of rotatable bonds is 6. The summed E-state index contributed by atoms with van der Waals surface area (Å²) in [6.07, 6.45) is 7.42. The second-order valence-corrected chi connectivity index (χ2v) is 6.83. The summed E-state index contributed by atoms with van der Waals surface area (Å²) in [6, 6.07) is 0.742. The van der Waals surface area contributed by atoms with E-state index in [1.54, 1.807) is 0 Å². The highest BCUT2D eigenvalue weighted by atomic mass is 16.5. The molecule has 4 unspecified atom stereocenters. The Morgan fingerprint density at radius 2 is 2.10 bits per heavy atom.